The van der Waals surface area contributed by atoms with Crippen molar-refractivity contribution in [2.75, 3.05) is 33.2 Å². The molecule has 2 saturated heterocycles. The van der Waals surface area contributed by atoms with Gasteiger partial charge < -0.3 is 4.90 Å². The highest BCUT2D eigenvalue weighted by Gasteiger charge is 2.50. The maximum absolute atomic E-state index is 14.1. The molecule has 4 aromatic carbocycles. The van der Waals surface area contributed by atoms with Crippen LogP contribution in [-0.2, 0) is 38.4 Å². The van der Waals surface area contributed by atoms with Crippen LogP contribution in [0.1, 0.15) is 47.9 Å². The van der Waals surface area contributed by atoms with E-state index in [2.05, 4.69) is 0 Å². The smallest absolute Gasteiger partial charge is 0.262 e. The molecule has 4 aromatic rings. The van der Waals surface area contributed by atoms with Crippen LogP contribution < -0.4 is 0 Å². The summed E-state index contributed by atoms with van der Waals surface area (Å²) in [5, 5.41) is 0. The third kappa shape index (κ3) is 7.85. The molecule has 0 aliphatic carbocycles. The molecule has 2 atom stereocenters. The summed E-state index contributed by atoms with van der Waals surface area (Å²) < 4.78 is 0. The summed E-state index contributed by atoms with van der Waals surface area (Å²) in [4.78, 5) is 116. The first-order valence-corrected chi connectivity index (χ1v) is 19.9. The minimum Gasteiger partial charge on any atom is -0.303 e. The predicted octanol–water partition coefficient (Wildman–Crippen LogP) is 4.33. The lowest BCUT2D eigenvalue weighted by molar-refractivity contribution is -0.159. The third-order valence-corrected chi connectivity index (χ3v) is 11.5. The third-order valence-electron chi connectivity index (χ3n) is 11.5. The number of likely N-dealkylation sites (tertiary alicyclic amines) is 2. The molecule has 14 heteroatoms. The van der Waals surface area contributed by atoms with E-state index in [1.807, 2.05) is 0 Å². The topological polar surface area (TPSA) is 153 Å². The van der Waals surface area contributed by atoms with E-state index >= 15 is 0 Å². The van der Waals surface area contributed by atoms with Crippen molar-refractivity contribution in [3.8, 4) is 0 Å². The average Bonchev–Trinajstić information content (AvgIpc) is 3.68. The van der Waals surface area contributed by atoms with Crippen LogP contribution >= 0.6 is 12.4 Å². The van der Waals surface area contributed by atoms with E-state index in [0.29, 0.717) is 22.3 Å². The lowest BCUT2D eigenvalue weighted by atomic mass is 9.96. The summed E-state index contributed by atoms with van der Waals surface area (Å²) in [5.41, 5.74) is 2.91. The van der Waals surface area contributed by atoms with Crippen LogP contribution in [0.15, 0.2) is 121 Å². The van der Waals surface area contributed by atoms with Crippen LogP contribution in [-0.4, -0.2) is 117 Å². The standard InChI is InChI=1S/C47H41N5O8.ClH/c1-48(26-28-49-36(53)24-22-34(42(49)55)51-44(57)38(30-14-6-2-7-15-30)39(45(51)58)31-16-8-3-9-17-31)27-29-50-37(54)25-23-35(43(50)56)52-46(59)40(32-18-10-4-11-19-32)41(47(52)60)33-20-12-5-13-21-33;/h2-21,34-35H,22-29H2,1H3;1H. The van der Waals surface area contributed by atoms with Gasteiger partial charge in [0.05, 0.1) is 22.3 Å². The Hall–Kier alpha value is -6.83. The fraction of sp³-hybridized carbons (Fsp3) is 0.234. The van der Waals surface area contributed by atoms with Gasteiger partial charge in [0.25, 0.3) is 35.4 Å². The summed E-state index contributed by atoms with van der Waals surface area (Å²) in [6.45, 7) is 0.177. The van der Waals surface area contributed by atoms with Gasteiger partial charge in [0, 0.05) is 39.0 Å². The molecule has 4 aliphatic rings. The molecular formula is C47H42ClN5O8. The summed E-state index contributed by atoms with van der Waals surface area (Å²) in [6, 6.07) is 32.8. The van der Waals surface area contributed by atoms with E-state index in [9.17, 15) is 38.4 Å². The minimum atomic E-state index is -1.19. The molecule has 4 aliphatic heterocycles. The number of imide groups is 4. The molecule has 0 aromatic heterocycles. The van der Waals surface area contributed by atoms with Gasteiger partial charge in [-0.3, -0.25) is 58.0 Å². The normalized spacial score (nSPS) is 19.9. The van der Waals surface area contributed by atoms with Gasteiger partial charge in [0.2, 0.25) is 11.8 Å². The van der Waals surface area contributed by atoms with Crippen LogP contribution in [0.4, 0.5) is 0 Å². The van der Waals surface area contributed by atoms with Crippen molar-refractivity contribution in [2.24, 2.45) is 0 Å². The van der Waals surface area contributed by atoms with Gasteiger partial charge in [-0.25, -0.2) is 0 Å². The lowest BCUT2D eigenvalue weighted by Gasteiger charge is -2.36. The molecule has 2 unspecified atom stereocenters. The molecule has 13 nitrogen and oxygen atoms in total. The number of carbonyl (C=O) groups is 8. The van der Waals surface area contributed by atoms with E-state index in [1.165, 1.54) is 0 Å². The number of hydrogen-bond acceptors (Lipinski definition) is 9. The number of benzene rings is 4. The maximum atomic E-state index is 14.1. The summed E-state index contributed by atoms with van der Waals surface area (Å²) in [5.74, 6) is -4.63. The number of amides is 8. The van der Waals surface area contributed by atoms with Gasteiger partial charge in [0.15, 0.2) is 0 Å². The molecule has 8 rings (SSSR count). The van der Waals surface area contributed by atoms with Crippen LogP contribution in [0.5, 0.6) is 0 Å². The zero-order chi connectivity index (χ0) is 42.1. The van der Waals surface area contributed by atoms with E-state index in [0.717, 1.165) is 19.6 Å². The summed E-state index contributed by atoms with van der Waals surface area (Å²) in [6.07, 6.45) is -0.138. The Morgan fingerprint density at radius 3 is 0.967 bits per heavy atom. The van der Waals surface area contributed by atoms with Gasteiger partial charge in [-0.15, -0.1) is 12.4 Å². The number of likely N-dealkylation sites (N-methyl/N-ethyl adjacent to an activating group) is 1. The summed E-state index contributed by atoms with van der Waals surface area (Å²) in [7, 11) is 1.71. The number of piperidine rings is 2. The molecule has 8 amide bonds. The van der Waals surface area contributed by atoms with Crippen LogP contribution in [0.3, 0.4) is 0 Å². The Morgan fingerprint density at radius 2 is 0.705 bits per heavy atom. The highest BCUT2D eigenvalue weighted by atomic mass is 35.5. The Labute approximate surface area is 358 Å². The lowest BCUT2D eigenvalue weighted by Crippen LogP contribution is -2.58. The molecule has 0 bridgehead atoms. The van der Waals surface area contributed by atoms with Crippen molar-refractivity contribution in [2.45, 2.75) is 37.8 Å². The highest BCUT2D eigenvalue weighted by Crippen LogP contribution is 2.40. The van der Waals surface area contributed by atoms with Crippen molar-refractivity contribution < 1.29 is 38.4 Å². The fourth-order valence-electron chi connectivity index (χ4n) is 8.40. The van der Waals surface area contributed by atoms with Gasteiger partial charge >= 0.3 is 0 Å². The Morgan fingerprint density at radius 1 is 0.443 bits per heavy atom. The van der Waals surface area contributed by atoms with E-state index in [-0.39, 0.29) is 86.6 Å². The Kier molecular flexibility index (Phi) is 12.3. The molecule has 0 spiro atoms. The zero-order valence-corrected chi connectivity index (χ0v) is 34.1. The number of carbonyl (C=O) groups excluding carboxylic acids is 8. The number of hydrogen-bond donors (Lipinski definition) is 0. The molecule has 61 heavy (non-hydrogen) atoms. The van der Waals surface area contributed by atoms with Crippen molar-refractivity contribution in [3.63, 3.8) is 0 Å². The predicted molar refractivity (Wildman–Crippen MR) is 227 cm³/mol. The van der Waals surface area contributed by atoms with Gasteiger partial charge in [0.1, 0.15) is 12.1 Å². The molecular weight excluding hydrogens is 798 g/mol. The van der Waals surface area contributed by atoms with Crippen molar-refractivity contribution in [3.05, 3.63) is 144 Å². The second-order valence-electron chi connectivity index (χ2n) is 15.1. The first-order valence-electron chi connectivity index (χ1n) is 19.9. The molecule has 2 fully saturated rings. The van der Waals surface area contributed by atoms with Crippen molar-refractivity contribution in [1.29, 1.82) is 0 Å². The molecule has 310 valence electrons. The molecule has 0 saturated carbocycles. The Bertz CT molecular complexity index is 2200. The quantitative estimate of drug-likeness (QED) is 0.190. The van der Waals surface area contributed by atoms with Crippen LogP contribution in [0.25, 0.3) is 22.3 Å². The highest BCUT2D eigenvalue weighted by molar-refractivity contribution is 6.50. The fourth-order valence-corrected chi connectivity index (χ4v) is 8.40. The first kappa shape index (κ1) is 42.3. The maximum Gasteiger partial charge on any atom is 0.262 e. The van der Waals surface area contributed by atoms with Gasteiger partial charge in [-0.1, -0.05) is 121 Å². The van der Waals surface area contributed by atoms with Crippen LogP contribution in [0, 0.1) is 0 Å². The Balaban J connectivity index is 0.00000561. The average molecular weight is 840 g/mol. The van der Waals surface area contributed by atoms with Gasteiger partial charge in [-0.05, 0) is 42.1 Å². The largest absolute Gasteiger partial charge is 0.303 e. The van der Waals surface area contributed by atoms with E-state index in [4.69, 9.17) is 0 Å². The molecule has 4 heterocycles. The number of nitrogens with zero attached hydrogens (tertiary/aromatic N) is 5. The zero-order valence-electron chi connectivity index (χ0n) is 33.3. The molecule has 0 radical (unpaired) electrons. The first-order chi connectivity index (χ1) is 29.1. The number of rotatable bonds is 12. The minimum absolute atomic E-state index is 0. The second kappa shape index (κ2) is 17.8. The SMILES string of the molecule is CN(CCN1C(=O)CCC(N2C(=O)C(c3ccccc3)=C(c3ccccc3)C2=O)C1=O)CCN1C(=O)CCC(N2C(=O)C(c3ccccc3)=C(c3ccccc3)C2=O)C1=O.Cl. The summed E-state index contributed by atoms with van der Waals surface area (Å²) >= 11 is 0. The van der Waals surface area contributed by atoms with Crippen molar-refractivity contribution >= 4 is 82.0 Å². The van der Waals surface area contributed by atoms with E-state index in [1.54, 1.807) is 133 Å². The van der Waals surface area contributed by atoms with Crippen LogP contribution in [0.2, 0.25) is 0 Å². The monoisotopic (exact) mass is 839 g/mol. The van der Waals surface area contributed by atoms with E-state index < -0.39 is 59.3 Å². The molecule has 0 N–H and O–H groups in total. The second-order valence-corrected chi connectivity index (χ2v) is 15.1. The van der Waals surface area contributed by atoms with Crippen molar-refractivity contribution in [1.82, 2.24) is 24.5 Å². The number of halogens is 1. The van der Waals surface area contributed by atoms with Gasteiger partial charge in [-0.2, -0.15) is 0 Å².